The second-order valence-electron chi connectivity index (χ2n) is 8.20. The molecule has 1 aromatic rings. The van der Waals surface area contributed by atoms with Gasteiger partial charge in [0.05, 0.1) is 0 Å². The zero-order chi connectivity index (χ0) is 17.9. The molecule has 2 amide bonds. The lowest BCUT2D eigenvalue weighted by molar-refractivity contribution is -0.140. The normalized spacial score (nSPS) is 29.2. The number of nitrogens with one attached hydrogen (secondary N) is 1. The summed E-state index contributed by atoms with van der Waals surface area (Å²) in [7, 11) is 0. The van der Waals surface area contributed by atoms with Crippen molar-refractivity contribution in [3.05, 3.63) is 30.1 Å². The fourth-order valence-corrected chi connectivity index (χ4v) is 5.16. The summed E-state index contributed by atoms with van der Waals surface area (Å²) in [5, 5.41) is 3.18. The zero-order valence-corrected chi connectivity index (χ0v) is 15.4. The number of hydrogen-bond donors (Lipinski definition) is 1. The molecule has 2 atom stereocenters. The average Bonchev–Trinajstić information content (AvgIpc) is 2.86. The van der Waals surface area contributed by atoms with Crippen molar-refractivity contribution in [3.63, 3.8) is 0 Å². The van der Waals surface area contributed by atoms with Crippen LogP contribution in [0.1, 0.15) is 74.6 Å². The summed E-state index contributed by atoms with van der Waals surface area (Å²) < 4.78 is 0. The Labute approximate surface area is 155 Å². The molecule has 1 aromatic heterocycles. The van der Waals surface area contributed by atoms with Crippen molar-refractivity contribution in [1.29, 1.82) is 0 Å². The van der Waals surface area contributed by atoms with Gasteiger partial charge >= 0.3 is 0 Å². The molecule has 3 fully saturated rings. The van der Waals surface area contributed by atoms with Crippen LogP contribution in [0.2, 0.25) is 0 Å². The van der Waals surface area contributed by atoms with Crippen molar-refractivity contribution in [2.45, 2.75) is 82.3 Å². The average molecular weight is 355 g/mol. The number of nitrogens with zero attached hydrogens (tertiary/aromatic N) is 2. The van der Waals surface area contributed by atoms with Crippen LogP contribution < -0.4 is 5.32 Å². The highest BCUT2D eigenvalue weighted by atomic mass is 16.2. The van der Waals surface area contributed by atoms with E-state index in [0.29, 0.717) is 23.6 Å². The van der Waals surface area contributed by atoms with Crippen LogP contribution in [0.25, 0.3) is 0 Å². The number of aromatic nitrogens is 1. The lowest BCUT2D eigenvalue weighted by atomic mass is 9.92. The summed E-state index contributed by atoms with van der Waals surface area (Å²) in [6, 6.07) is 4.29. The maximum Gasteiger partial charge on any atom is 0.251 e. The van der Waals surface area contributed by atoms with Gasteiger partial charge in [-0.05, 0) is 50.7 Å². The SMILES string of the molecule is O=C(NC1CC2CCC(C1)N2C(=O)C1CCCCCC1)c1ccncc1. The van der Waals surface area contributed by atoms with E-state index < -0.39 is 0 Å². The summed E-state index contributed by atoms with van der Waals surface area (Å²) in [5.74, 6) is 0.613. The number of hydrogen-bond acceptors (Lipinski definition) is 3. The Kier molecular flexibility index (Phi) is 5.23. The van der Waals surface area contributed by atoms with Gasteiger partial charge < -0.3 is 10.2 Å². The van der Waals surface area contributed by atoms with E-state index in [-0.39, 0.29) is 17.9 Å². The third kappa shape index (κ3) is 3.62. The largest absolute Gasteiger partial charge is 0.349 e. The molecule has 1 N–H and O–H groups in total. The molecule has 1 saturated carbocycles. The Hall–Kier alpha value is -1.91. The molecule has 2 saturated heterocycles. The molecule has 4 rings (SSSR count). The highest BCUT2D eigenvalue weighted by Gasteiger charge is 2.45. The molecular formula is C21H29N3O2. The summed E-state index contributed by atoms with van der Waals surface area (Å²) in [6.07, 6.45) is 14.3. The molecule has 0 spiro atoms. The minimum atomic E-state index is -0.0275. The third-order valence-corrected chi connectivity index (χ3v) is 6.47. The van der Waals surface area contributed by atoms with E-state index in [1.165, 1.54) is 25.7 Å². The maximum absolute atomic E-state index is 13.1. The van der Waals surface area contributed by atoms with Crippen LogP contribution >= 0.6 is 0 Å². The number of amides is 2. The van der Waals surface area contributed by atoms with E-state index in [9.17, 15) is 9.59 Å². The first-order valence-electron chi connectivity index (χ1n) is 10.3. The lowest BCUT2D eigenvalue weighted by Crippen LogP contribution is -2.53. The van der Waals surface area contributed by atoms with E-state index in [2.05, 4.69) is 15.2 Å². The second kappa shape index (κ2) is 7.77. The van der Waals surface area contributed by atoms with Crippen molar-refractivity contribution in [3.8, 4) is 0 Å². The number of piperidine rings is 1. The summed E-state index contributed by atoms with van der Waals surface area (Å²) in [5.41, 5.74) is 0.657. The molecule has 2 bridgehead atoms. The van der Waals surface area contributed by atoms with Crippen LogP contribution in [0.5, 0.6) is 0 Å². The van der Waals surface area contributed by atoms with Gasteiger partial charge in [0.25, 0.3) is 5.91 Å². The number of rotatable bonds is 3. The van der Waals surface area contributed by atoms with E-state index in [1.54, 1.807) is 24.5 Å². The van der Waals surface area contributed by atoms with E-state index >= 15 is 0 Å². The zero-order valence-electron chi connectivity index (χ0n) is 15.4. The first-order chi connectivity index (χ1) is 12.7. The highest BCUT2D eigenvalue weighted by molar-refractivity contribution is 5.94. The van der Waals surface area contributed by atoms with Gasteiger partial charge in [0, 0.05) is 42.0 Å². The molecule has 5 heteroatoms. The Bertz CT molecular complexity index is 626. The highest BCUT2D eigenvalue weighted by Crippen LogP contribution is 2.38. The maximum atomic E-state index is 13.1. The summed E-state index contributed by atoms with van der Waals surface area (Å²) >= 11 is 0. The molecule has 0 radical (unpaired) electrons. The van der Waals surface area contributed by atoms with Crippen LogP contribution in [-0.4, -0.2) is 39.8 Å². The first-order valence-corrected chi connectivity index (χ1v) is 10.3. The first kappa shape index (κ1) is 17.5. The molecule has 1 aliphatic carbocycles. The molecule has 2 aliphatic heterocycles. The van der Waals surface area contributed by atoms with Gasteiger partial charge in [-0.1, -0.05) is 25.7 Å². The standard InChI is InChI=1S/C21H29N3O2/c25-20(15-9-11-22-12-10-15)23-17-13-18-7-8-19(14-17)24(18)21(26)16-5-3-1-2-4-6-16/h9-12,16-19H,1-8,13-14H2,(H,23,25). The predicted octanol–water partition coefficient (Wildman–Crippen LogP) is 3.30. The Morgan fingerprint density at radius 2 is 1.54 bits per heavy atom. The minimum absolute atomic E-state index is 0.0275. The molecule has 5 nitrogen and oxygen atoms in total. The second-order valence-corrected chi connectivity index (χ2v) is 8.20. The van der Waals surface area contributed by atoms with Crippen molar-refractivity contribution in [2.24, 2.45) is 5.92 Å². The summed E-state index contributed by atoms with van der Waals surface area (Å²) in [6.45, 7) is 0. The van der Waals surface area contributed by atoms with Gasteiger partial charge in [-0.3, -0.25) is 14.6 Å². The van der Waals surface area contributed by atoms with E-state index in [1.807, 2.05) is 0 Å². The van der Waals surface area contributed by atoms with Gasteiger partial charge in [0.2, 0.25) is 5.91 Å². The molecule has 0 aromatic carbocycles. The number of carbonyl (C=O) groups excluding carboxylic acids is 2. The predicted molar refractivity (Wildman–Crippen MR) is 99.6 cm³/mol. The van der Waals surface area contributed by atoms with Crippen molar-refractivity contribution >= 4 is 11.8 Å². The van der Waals surface area contributed by atoms with Crippen molar-refractivity contribution in [2.75, 3.05) is 0 Å². The van der Waals surface area contributed by atoms with Gasteiger partial charge in [0.1, 0.15) is 0 Å². The molecule has 3 aliphatic rings. The molecule has 140 valence electrons. The smallest absolute Gasteiger partial charge is 0.251 e. The van der Waals surface area contributed by atoms with Gasteiger partial charge in [-0.25, -0.2) is 0 Å². The molecule has 3 heterocycles. The Morgan fingerprint density at radius 1 is 0.923 bits per heavy atom. The van der Waals surface area contributed by atoms with Gasteiger partial charge in [-0.2, -0.15) is 0 Å². The van der Waals surface area contributed by atoms with Crippen LogP contribution in [0, 0.1) is 5.92 Å². The quantitative estimate of drug-likeness (QED) is 0.846. The summed E-state index contributed by atoms with van der Waals surface area (Å²) in [4.78, 5) is 31.8. The minimum Gasteiger partial charge on any atom is -0.349 e. The van der Waals surface area contributed by atoms with Gasteiger partial charge in [0.15, 0.2) is 0 Å². The number of carbonyl (C=O) groups is 2. The fourth-order valence-electron chi connectivity index (χ4n) is 5.16. The number of fused-ring (bicyclic) bond motifs is 2. The van der Waals surface area contributed by atoms with E-state index in [4.69, 9.17) is 0 Å². The van der Waals surface area contributed by atoms with Crippen LogP contribution in [0.3, 0.4) is 0 Å². The number of pyridine rings is 1. The fraction of sp³-hybridized carbons (Fsp3) is 0.667. The van der Waals surface area contributed by atoms with Crippen LogP contribution in [0.4, 0.5) is 0 Å². The lowest BCUT2D eigenvalue weighted by Gasteiger charge is -2.41. The van der Waals surface area contributed by atoms with Gasteiger partial charge in [-0.15, -0.1) is 0 Å². The Balaban J connectivity index is 1.38. The molecule has 2 unspecified atom stereocenters. The van der Waals surface area contributed by atoms with Crippen molar-refractivity contribution in [1.82, 2.24) is 15.2 Å². The van der Waals surface area contributed by atoms with Crippen LogP contribution in [-0.2, 0) is 4.79 Å². The third-order valence-electron chi connectivity index (χ3n) is 6.47. The van der Waals surface area contributed by atoms with Crippen LogP contribution in [0.15, 0.2) is 24.5 Å². The molecular weight excluding hydrogens is 326 g/mol. The molecule has 26 heavy (non-hydrogen) atoms. The Morgan fingerprint density at radius 3 is 2.15 bits per heavy atom. The monoisotopic (exact) mass is 355 g/mol. The van der Waals surface area contributed by atoms with Crippen molar-refractivity contribution < 1.29 is 9.59 Å². The topological polar surface area (TPSA) is 62.3 Å². The van der Waals surface area contributed by atoms with E-state index in [0.717, 1.165) is 38.5 Å².